The van der Waals surface area contributed by atoms with E-state index >= 15 is 0 Å². The van der Waals surface area contributed by atoms with Gasteiger partial charge in [-0.1, -0.05) is 0 Å². The maximum absolute atomic E-state index is 5.87. The molecule has 2 rings (SSSR count). The number of aryl methyl sites for hydroxylation is 2. The fourth-order valence-corrected chi connectivity index (χ4v) is 2.84. The lowest BCUT2D eigenvalue weighted by Crippen LogP contribution is -2.38. The normalized spacial score (nSPS) is 16.4. The highest BCUT2D eigenvalue weighted by Gasteiger charge is 2.13. The van der Waals surface area contributed by atoms with Gasteiger partial charge in [0, 0.05) is 58.3 Å². The smallest absolute Gasteiger partial charge is 0.191 e. The first-order valence-electron chi connectivity index (χ1n) is 8.74. The molecule has 0 amide bonds. The summed E-state index contributed by atoms with van der Waals surface area (Å²) in [6, 6.07) is 0. The van der Waals surface area contributed by atoms with E-state index in [9.17, 15) is 0 Å². The minimum absolute atomic E-state index is 0.368. The van der Waals surface area contributed by atoms with Crippen LogP contribution in [0.1, 0.15) is 36.2 Å². The Labute approximate surface area is 144 Å². The van der Waals surface area contributed by atoms with E-state index < -0.39 is 0 Å². The van der Waals surface area contributed by atoms with Gasteiger partial charge in [-0.05, 0) is 33.1 Å². The van der Waals surface area contributed by atoms with E-state index in [2.05, 4.69) is 27.6 Å². The third-order valence-corrected chi connectivity index (χ3v) is 4.45. The Balaban J connectivity index is 1.63. The fourth-order valence-electron chi connectivity index (χ4n) is 2.84. The van der Waals surface area contributed by atoms with E-state index in [0.717, 1.165) is 63.8 Å². The second kappa shape index (κ2) is 9.64. The summed E-state index contributed by atoms with van der Waals surface area (Å²) in [5.74, 6) is 0.809. The predicted octanol–water partition coefficient (Wildman–Crippen LogP) is 1.29. The molecule has 7 nitrogen and oxygen atoms in total. The third-order valence-electron chi connectivity index (χ3n) is 4.45. The average Bonchev–Trinajstić information content (AvgIpc) is 2.83. The number of aliphatic imine (C=N–C) groups is 1. The SMILES string of the molecule is CN=C(NCCCOC1CCOCC1)NCc1c(C)nn(C)c1C. The van der Waals surface area contributed by atoms with Crippen LogP contribution in [0.15, 0.2) is 4.99 Å². The molecule has 1 fully saturated rings. The standard InChI is InChI=1S/C17H31N5O2/c1-13-16(14(2)22(4)21-13)12-20-17(18-3)19-8-5-9-24-15-6-10-23-11-7-15/h15H,5-12H2,1-4H3,(H2,18,19,20). The van der Waals surface area contributed by atoms with Crippen LogP contribution >= 0.6 is 0 Å². The number of hydrogen-bond acceptors (Lipinski definition) is 4. The lowest BCUT2D eigenvalue weighted by atomic mass is 10.1. The molecule has 1 aliphatic heterocycles. The van der Waals surface area contributed by atoms with Crippen LogP contribution < -0.4 is 10.6 Å². The molecular formula is C17H31N5O2. The van der Waals surface area contributed by atoms with Crippen molar-refractivity contribution in [2.75, 3.05) is 33.4 Å². The molecule has 136 valence electrons. The molecule has 1 aromatic rings. The molecule has 1 aliphatic rings. The molecule has 2 heterocycles. The molecule has 24 heavy (non-hydrogen) atoms. The van der Waals surface area contributed by atoms with Gasteiger partial charge >= 0.3 is 0 Å². The van der Waals surface area contributed by atoms with Crippen LogP contribution in [-0.4, -0.2) is 55.3 Å². The van der Waals surface area contributed by atoms with Gasteiger partial charge < -0.3 is 20.1 Å². The number of nitrogens with zero attached hydrogens (tertiary/aromatic N) is 3. The molecule has 0 radical (unpaired) electrons. The van der Waals surface area contributed by atoms with Crippen molar-refractivity contribution in [2.24, 2.45) is 12.0 Å². The second-order valence-corrected chi connectivity index (χ2v) is 6.16. The first kappa shape index (κ1) is 18.7. The van der Waals surface area contributed by atoms with E-state index in [1.54, 1.807) is 7.05 Å². The van der Waals surface area contributed by atoms with Crippen LogP contribution in [0.3, 0.4) is 0 Å². The van der Waals surface area contributed by atoms with Crippen LogP contribution in [0.4, 0.5) is 0 Å². The predicted molar refractivity (Wildman–Crippen MR) is 95.3 cm³/mol. The van der Waals surface area contributed by atoms with Crippen molar-refractivity contribution in [2.45, 2.75) is 45.8 Å². The summed E-state index contributed by atoms with van der Waals surface area (Å²) >= 11 is 0. The fraction of sp³-hybridized carbons (Fsp3) is 0.765. The van der Waals surface area contributed by atoms with Crippen molar-refractivity contribution in [3.05, 3.63) is 17.0 Å². The van der Waals surface area contributed by atoms with Crippen molar-refractivity contribution in [3.8, 4) is 0 Å². The van der Waals surface area contributed by atoms with Crippen molar-refractivity contribution >= 4 is 5.96 Å². The molecule has 0 aliphatic carbocycles. The van der Waals surface area contributed by atoms with Crippen molar-refractivity contribution in [1.29, 1.82) is 0 Å². The molecule has 0 atom stereocenters. The van der Waals surface area contributed by atoms with Crippen LogP contribution in [0.2, 0.25) is 0 Å². The van der Waals surface area contributed by atoms with Gasteiger partial charge in [-0.25, -0.2) is 0 Å². The lowest BCUT2D eigenvalue weighted by molar-refractivity contribution is -0.0320. The summed E-state index contributed by atoms with van der Waals surface area (Å²) in [6.07, 6.45) is 3.36. The number of nitrogens with one attached hydrogen (secondary N) is 2. The average molecular weight is 337 g/mol. The van der Waals surface area contributed by atoms with Gasteiger partial charge in [0.05, 0.1) is 11.8 Å². The number of guanidine groups is 1. The Morgan fingerprint density at radius 3 is 2.71 bits per heavy atom. The summed E-state index contributed by atoms with van der Waals surface area (Å²) in [5, 5.41) is 11.1. The van der Waals surface area contributed by atoms with E-state index in [-0.39, 0.29) is 0 Å². The zero-order valence-electron chi connectivity index (χ0n) is 15.4. The Morgan fingerprint density at radius 2 is 2.08 bits per heavy atom. The minimum atomic E-state index is 0.368. The minimum Gasteiger partial charge on any atom is -0.381 e. The maximum atomic E-state index is 5.87. The largest absolute Gasteiger partial charge is 0.381 e. The molecule has 0 spiro atoms. The number of ether oxygens (including phenoxy) is 2. The van der Waals surface area contributed by atoms with Crippen LogP contribution in [0, 0.1) is 13.8 Å². The molecule has 0 unspecified atom stereocenters. The van der Waals surface area contributed by atoms with Crippen molar-refractivity contribution in [1.82, 2.24) is 20.4 Å². The zero-order chi connectivity index (χ0) is 17.4. The molecule has 1 saturated heterocycles. The van der Waals surface area contributed by atoms with Gasteiger partial charge in [0.1, 0.15) is 0 Å². The molecular weight excluding hydrogens is 306 g/mol. The van der Waals surface area contributed by atoms with E-state index in [1.165, 1.54) is 11.3 Å². The van der Waals surface area contributed by atoms with E-state index in [4.69, 9.17) is 9.47 Å². The topological polar surface area (TPSA) is 72.7 Å². The maximum Gasteiger partial charge on any atom is 0.191 e. The monoisotopic (exact) mass is 337 g/mol. The van der Waals surface area contributed by atoms with Gasteiger partial charge in [-0.2, -0.15) is 5.10 Å². The van der Waals surface area contributed by atoms with Crippen molar-refractivity contribution < 1.29 is 9.47 Å². The number of hydrogen-bond donors (Lipinski definition) is 2. The lowest BCUT2D eigenvalue weighted by Gasteiger charge is -2.22. The van der Waals surface area contributed by atoms with E-state index in [0.29, 0.717) is 6.10 Å². The summed E-state index contributed by atoms with van der Waals surface area (Å²) in [7, 11) is 3.76. The highest BCUT2D eigenvalue weighted by atomic mass is 16.5. The van der Waals surface area contributed by atoms with Gasteiger partial charge in [-0.3, -0.25) is 9.67 Å². The van der Waals surface area contributed by atoms with Crippen LogP contribution in [0.25, 0.3) is 0 Å². The Bertz CT molecular complexity index is 535. The number of aromatic nitrogens is 2. The molecule has 0 aromatic carbocycles. The molecule has 0 bridgehead atoms. The van der Waals surface area contributed by atoms with E-state index in [1.807, 2.05) is 18.7 Å². The summed E-state index contributed by atoms with van der Waals surface area (Å²) in [5.41, 5.74) is 3.46. The van der Waals surface area contributed by atoms with Gasteiger partial charge in [0.15, 0.2) is 5.96 Å². The van der Waals surface area contributed by atoms with Gasteiger partial charge in [0.25, 0.3) is 0 Å². The Kier molecular flexibility index (Phi) is 7.52. The first-order valence-corrected chi connectivity index (χ1v) is 8.74. The molecule has 0 saturated carbocycles. The molecule has 7 heteroatoms. The van der Waals surface area contributed by atoms with Crippen LogP contribution in [-0.2, 0) is 23.1 Å². The highest BCUT2D eigenvalue weighted by Crippen LogP contribution is 2.11. The second-order valence-electron chi connectivity index (χ2n) is 6.16. The summed E-state index contributed by atoms with van der Waals surface area (Å²) in [6.45, 7) is 8.11. The quantitative estimate of drug-likeness (QED) is 0.446. The molecule has 2 N–H and O–H groups in total. The Hall–Kier alpha value is -1.60. The van der Waals surface area contributed by atoms with Crippen LogP contribution in [0.5, 0.6) is 0 Å². The number of rotatable bonds is 7. The first-order chi connectivity index (χ1) is 11.6. The summed E-state index contributed by atoms with van der Waals surface area (Å²) < 4.78 is 13.1. The summed E-state index contributed by atoms with van der Waals surface area (Å²) in [4.78, 5) is 4.27. The molecule has 1 aromatic heterocycles. The third kappa shape index (κ3) is 5.49. The van der Waals surface area contributed by atoms with Crippen molar-refractivity contribution in [3.63, 3.8) is 0 Å². The van der Waals surface area contributed by atoms with Gasteiger partial charge in [-0.15, -0.1) is 0 Å². The van der Waals surface area contributed by atoms with Gasteiger partial charge in [0.2, 0.25) is 0 Å². The highest BCUT2D eigenvalue weighted by molar-refractivity contribution is 5.79. The Morgan fingerprint density at radius 1 is 1.33 bits per heavy atom. The zero-order valence-corrected chi connectivity index (χ0v) is 15.4.